The van der Waals surface area contributed by atoms with Gasteiger partial charge in [0.25, 0.3) is 0 Å². The number of hydrogen-bond acceptors (Lipinski definition) is 4. The zero-order valence-corrected chi connectivity index (χ0v) is 10.9. The number of nitrogens with zero attached hydrogens (tertiary/aromatic N) is 3. The van der Waals surface area contributed by atoms with E-state index in [1.54, 1.807) is 0 Å². The van der Waals surface area contributed by atoms with Crippen LogP contribution in [0.3, 0.4) is 0 Å². The number of aromatic amines is 1. The van der Waals surface area contributed by atoms with Crippen LogP contribution < -0.4 is 10.2 Å². The normalized spacial score (nSPS) is 17.5. The fourth-order valence-corrected chi connectivity index (χ4v) is 2.31. The second kappa shape index (κ2) is 6.00. The number of hydrogen-bond donors (Lipinski definition) is 2. The summed E-state index contributed by atoms with van der Waals surface area (Å²) in [5.74, 6) is 2.43. The number of nitrogens with one attached hydrogen (secondary N) is 2. The Labute approximate surface area is 103 Å². The predicted molar refractivity (Wildman–Crippen MR) is 69.4 cm³/mol. The second-order valence-electron chi connectivity index (χ2n) is 4.62. The zero-order chi connectivity index (χ0) is 12.1. The quantitative estimate of drug-likeness (QED) is 0.833. The van der Waals surface area contributed by atoms with Crippen molar-refractivity contribution < 1.29 is 0 Å². The molecule has 2 heterocycles. The third-order valence-corrected chi connectivity index (χ3v) is 3.49. The fraction of sp³-hybridized carbons (Fsp3) is 0.833. The highest BCUT2D eigenvalue weighted by molar-refractivity contribution is 5.29. The first-order valence-electron chi connectivity index (χ1n) is 6.73. The Hall–Kier alpha value is -1.10. The van der Waals surface area contributed by atoms with E-state index in [4.69, 9.17) is 0 Å². The van der Waals surface area contributed by atoms with Gasteiger partial charge in [0.15, 0.2) is 0 Å². The standard InChI is InChI=1S/C12H23N5/c1-3-10(4-2)11-14-12(16-15-11)17-8-5-6-13-7-9-17/h10,13H,3-9H2,1-2H3,(H,14,15,16). The topological polar surface area (TPSA) is 56.8 Å². The minimum Gasteiger partial charge on any atom is -0.338 e. The van der Waals surface area contributed by atoms with Crippen LogP contribution in [0.25, 0.3) is 0 Å². The molecular formula is C12H23N5. The smallest absolute Gasteiger partial charge is 0.244 e. The third kappa shape index (κ3) is 2.97. The lowest BCUT2D eigenvalue weighted by Crippen LogP contribution is -2.28. The molecule has 2 N–H and O–H groups in total. The average molecular weight is 237 g/mol. The molecule has 17 heavy (non-hydrogen) atoms. The summed E-state index contributed by atoms with van der Waals surface area (Å²) in [6.07, 6.45) is 3.40. The molecule has 0 radical (unpaired) electrons. The van der Waals surface area contributed by atoms with Gasteiger partial charge in [-0.3, -0.25) is 5.10 Å². The molecule has 2 rings (SSSR count). The summed E-state index contributed by atoms with van der Waals surface area (Å²) >= 11 is 0. The highest BCUT2D eigenvalue weighted by atomic mass is 15.4. The summed E-state index contributed by atoms with van der Waals surface area (Å²) in [5, 5.41) is 10.9. The Kier molecular flexibility index (Phi) is 4.36. The van der Waals surface area contributed by atoms with Gasteiger partial charge in [-0.05, 0) is 25.8 Å². The molecule has 0 aromatic carbocycles. The van der Waals surface area contributed by atoms with Crippen molar-refractivity contribution >= 4 is 5.95 Å². The van der Waals surface area contributed by atoms with Gasteiger partial charge in [-0.15, -0.1) is 5.10 Å². The largest absolute Gasteiger partial charge is 0.338 e. The molecule has 0 saturated carbocycles. The minimum absolute atomic E-state index is 0.515. The van der Waals surface area contributed by atoms with Gasteiger partial charge in [-0.25, -0.2) is 0 Å². The molecule has 1 aliphatic rings. The molecule has 0 bridgehead atoms. The highest BCUT2D eigenvalue weighted by Gasteiger charge is 2.17. The van der Waals surface area contributed by atoms with Gasteiger partial charge in [-0.2, -0.15) is 4.98 Å². The van der Waals surface area contributed by atoms with Crippen LogP contribution in [0, 0.1) is 0 Å². The number of H-pyrrole nitrogens is 1. The maximum Gasteiger partial charge on any atom is 0.244 e. The lowest BCUT2D eigenvalue weighted by molar-refractivity contribution is 0.604. The van der Waals surface area contributed by atoms with Crippen molar-refractivity contribution in [3.8, 4) is 0 Å². The van der Waals surface area contributed by atoms with E-state index in [1.807, 2.05) is 0 Å². The molecule has 0 unspecified atom stereocenters. The SMILES string of the molecule is CCC(CC)c1nc(N2CCCNCC2)n[nH]1. The number of anilines is 1. The van der Waals surface area contributed by atoms with Crippen molar-refractivity contribution in [3.05, 3.63) is 5.82 Å². The summed E-state index contributed by atoms with van der Waals surface area (Å²) in [5.41, 5.74) is 0. The Morgan fingerprint density at radius 2 is 2.06 bits per heavy atom. The monoisotopic (exact) mass is 237 g/mol. The molecule has 1 fully saturated rings. The van der Waals surface area contributed by atoms with E-state index in [1.165, 1.54) is 0 Å². The summed E-state index contributed by atoms with van der Waals surface area (Å²) in [4.78, 5) is 6.92. The summed E-state index contributed by atoms with van der Waals surface area (Å²) in [6.45, 7) is 8.57. The van der Waals surface area contributed by atoms with E-state index >= 15 is 0 Å². The van der Waals surface area contributed by atoms with Crippen LogP contribution in [0.4, 0.5) is 5.95 Å². The Balaban J connectivity index is 2.05. The maximum absolute atomic E-state index is 4.65. The molecule has 96 valence electrons. The highest BCUT2D eigenvalue weighted by Crippen LogP contribution is 2.21. The lowest BCUT2D eigenvalue weighted by atomic mass is 10.0. The number of aromatic nitrogens is 3. The summed E-state index contributed by atoms with van der Waals surface area (Å²) < 4.78 is 0. The van der Waals surface area contributed by atoms with Gasteiger partial charge in [-0.1, -0.05) is 13.8 Å². The summed E-state index contributed by atoms with van der Waals surface area (Å²) in [7, 11) is 0. The molecular weight excluding hydrogens is 214 g/mol. The van der Waals surface area contributed by atoms with Crippen LogP contribution in [-0.2, 0) is 0 Å². The Morgan fingerprint density at radius 1 is 1.24 bits per heavy atom. The van der Waals surface area contributed by atoms with E-state index < -0.39 is 0 Å². The van der Waals surface area contributed by atoms with Crippen molar-refractivity contribution in [2.45, 2.75) is 39.0 Å². The Morgan fingerprint density at radius 3 is 2.82 bits per heavy atom. The van der Waals surface area contributed by atoms with Gasteiger partial charge in [0, 0.05) is 25.6 Å². The van der Waals surface area contributed by atoms with Crippen LogP contribution >= 0.6 is 0 Å². The van der Waals surface area contributed by atoms with Crippen molar-refractivity contribution in [1.82, 2.24) is 20.5 Å². The molecule has 1 aliphatic heterocycles. The number of rotatable bonds is 4. The van der Waals surface area contributed by atoms with E-state index in [2.05, 4.69) is 39.2 Å². The van der Waals surface area contributed by atoms with Crippen LogP contribution in [0.1, 0.15) is 44.9 Å². The molecule has 0 atom stereocenters. The predicted octanol–water partition coefficient (Wildman–Crippen LogP) is 1.51. The molecule has 5 heteroatoms. The first-order valence-corrected chi connectivity index (χ1v) is 6.73. The average Bonchev–Trinajstić information content (AvgIpc) is 2.67. The molecule has 0 amide bonds. The third-order valence-electron chi connectivity index (χ3n) is 3.49. The van der Waals surface area contributed by atoms with Crippen LogP contribution in [0.5, 0.6) is 0 Å². The molecule has 1 saturated heterocycles. The van der Waals surface area contributed by atoms with E-state index in [-0.39, 0.29) is 0 Å². The van der Waals surface area contributed by atoms with E-state index in [0.29, 0.717) is 5.92 Å². The van der Waals surface area contributed by atoms with Gasteiger partial charge >= 0.3 is 0 Å². The van der Waals surface area contributed by atoms with Crippen molar-refractivity contribution in [1.29, 1.82) is 0 Å². The summed E-state index contributed by atoms with van der Waals surface area (Å²) in [6, 6.07) is 0. The second-order valence-corrected chi connectivity index (χ2v) is 4.62. The fourth-order valence-electron chi connectivity index (χ4n) is 2.31. The van der Waals surface area contributed by atoms with Gasteiger partial charge in [0.05, 0.1) is 0 Å². The van der Waals surface area contributed by atoms with E-state index in [0.717, 1.165) is 57.2 Å². The lowest BCUT2D eigenvalue weighted by Gasteiger charge is -2.17. The molecule has 1 aromatic heterocycles. The minimum atomic E-state index is 0.515. The van der Waals surface area contributed by atoms with E-state index in [9.17, 15) is 0 Å². The van der Waals surface area contributed by atoms with Crippen LogP contribution in [0.15, 0.2) is 0 Å². The van der Waals surface area contributed by atoms with Gasteiger partial charge < -0.3 is 10.2 Å². The first-order chi connectivity index (χ1) is 8.35. The molecule has 1 aromatic rings. The maximum atomic E-state index is 4.65. The van der Waals surface area contributed by atoms with Crippen molar-refractivity contribution in [2.75, 3.05) is 31.1 Å². The van der Waals surface area contributed by atoms with Crippen LogP contribution in [0.2, 0.25) is 0 Å². The molecule has 5 nitrogen and oxygen atoms in total. The van der Waals surface area contributed by atoms with Gasteiger partial charge in [0.1, 0.15) is 5.82 Å². The molecule has 0 aliphatic carbocycles. The van der Waals surface area contributed by atoms with Crippen molar-refractivity contribution in [2.24, 2.45) is 0 Å². The van der Waals surface area contributed by atoms with Crippen LogP contribution in [-0.4, -0.2) is 41.4 Å². The zero-order valence-electron chi connectivity index (χ0n) is 10.9. The Bertz CT molecular complexity index is 323. The van der Waals surface area contributed by atoms with Gasteiger partial charge in [0.2, 0.25) is 5.95 Å². The van der Waals surface area contributed by atoms with Crippen molar-refractivity contribution in [3.63, 3.8) is 0 Å². The first kappa shape index (κ1) is 12.4. The molecule has 0 spiro atoms.